The number of aromatic nitrogens is 2. The fraction of sp³-hybridized carbons (Fsp3) is 0.231. The molecule has 0 aliphatic rings. The smallest absolute Gasteiger partial charge is 0.231 e. The van der Waals surface area contributed by atoms with Gasteiger partial charge in [0.1, 0.15) is 34.8 Å². The first kappa shape index (κ1) is 23.1. The van der Waals surface area contributed by atoms with Gasteiger partial charge in [0.2, 0.25) is 5.78 Å². The summed E-state index contributed by atoms with van der Waals surface area (Å²) in [6.07, 6.45) is 2.63. The molecule has 2 heterocycles. The Hall–Kier alpha value is -4.04. The molecule has 0 N–H and O–H groups in total. The first-order valence-corrected chi connectivity index (χ1v) is 10.6. The highest BCUT2D eigenvalue weighted by molar-refractivity contribution is 5.98. The Bertz CT molecular complexity index is 1270. The van der Waals surface area contributed by atoms with E-state index in [0.29, 0.717) is 28.6 Å². The average molecular weight is 463 g/mol. The Balaban J connectivity index is 1.65. The number of carbonyl (C=O) groups is 1. The van der Waals surface area contributed by atoms with E-state index in [9.17, 15) is 4.79 Å². The molecule has 0 radical (unpaired) electrons. The third-order valence-electron chi connectivity index (χ3n) is 5.62. The summed E-state index contributed by atoms with van der Waals surface area (Å²) in [7, 11) is 6.24. The van der Waals surface area contributed by atoms with Crippen LogP contribution in [0.2, 0.25) is 0 Å². The topological polar surface area (TPSA) is 85.0 Å². The van der Waals surface area contributed by atoms with Gasteiger partial charge >= 0.3 is 0 Å². The minimum absolute atomic E-state index is 0.176. The highest BCUT2D eigenvalue weighted by Crippen LogP contribution is 2.36. The molecule has 34 heavy (non-hydrogen) atoms. The number of carbonyl (C=O) groups excluding carboxylic acids is 1. The number of methoxy groups -OCH3 is 4. The van der Waals surface area contributed by atoms with Crippen LogP contribution in [0.4, 0.5) is 0 Å². The molecule has 0 fully saturated rings. The van der Waals surface area contributed by atoms with Crippen LogP contribution in [0.15, 0.2) is 65.3 Å². The van der Waals surface area contributed by atoms with Crippen LogP contribution in [0, 0.1) is 6.92 Å². The van der Waals surface area contributed by atoms with Gasteiger partial charge in [-0.1, -0.05) is 6.07 Å². The number of rotatable bonds is 9. The second-order valence-electron chi connectivity index (χ2n) is 7.53. The second kappa shape index (κ2) is 9.84. The zero-order chi connectivity index (χ0) is 24.2. The van der Waals surface area contributed by atoms with E-state index in [1.165, 1.54) is 7.11 Å². The van der Waals surface area contributed by atoms with Crippen molar-refractivity contribution in [3.8, 4) is 34.3 Å². The molecule has 0 amide bonds. The van der Waals surface area contributed by atoms with Crippen molar-refractivity contribution in [2.45, 2.75) is 13.0 Å². The SMILES string of the molecule is COc1cc(C(OC)C(=O)c2ccc(-c3cc(OC)c(C)c(OC)c3)o2)ccc1-n1cccn1. The van der Waals surface area contributed by atoms with Gasteiger partial charge in [-0.15, -0.1) is 0 Å². The van der Waals surface area contributed by atoms with Crippen LogP contribution in [0.25, 0.3) is 17.0 Å². The minimum atomic E-state index is -0.873. The maximum Gasteiger partial charge on any atom is 0.231 e. The Kier molecular flexibility index (Phi) is 6.70. The van der Waals surface area contributed by atoms with Crippen molar-refractivity contribution in [1.29, 1.82) is 0 Å². The van der Waals surface area contributed by atoms with Gasteiger partial charge in [-0.25, -0.2) is 4.68 Å². The van der Waals surface area contributed by atoms with Gasteiger partial charge < -0.3 is 23.4 Å². The summed E-state index contributed by atoms with van der Waals surface area (Å²) in [4.78, 5) is 13.3. The largest absolute Gasteiger partial charge is 0.496 e. The van der Waals surface area contributed by atoms with Gasteiger partial charge in [0.25, 0.3) is 0 Å². The molecule has 2 aromatic carbocycles. The highest BCUT2D eigenvalue weighted by atomic mass is 16.5. The highest BCUT2D eigenvalue weighted by Gasteiger charge is 2.26. The zero-order valence-corrected chi connectivity index (χ0v) is 19.7. The maximum absolute atomic E-state index is 13.3. The first-order valence-electron chi connectivity index (χ1n) is 10.6. The summed E-state index contributed by atoms with van der Waals surface area (Å²) in [6, 6.07) is 14.3. The molecule has 0 aliphatic heterocycles. The number of furan rings is 1. The van der Waals surface area contributed by atoms with Gasteiger partial charge in [0.15, 0.2) is 5.76 Å². The quantitative estimate of drug-likeness (QED) is 0.322. The molecule has 0 spiro atoms. The molecule has 176 valence electrons. The first-order chi connectivity index (χ1) is 16.5. The van der Waals surface area contributed by atoms with Crippen LogP contribution >= 0.6 is 0 Å². The standard InChI is InChI=1S/C26H26N2O6/c1-16-22(30-2)14-18(15-23(16)31-3)20-9-10-21(34-20)25(29)26(33-5)17-7-8-19(24(13-17)32-4)28-12-6-11-27-28/h6-15,26H,1-5H3. The summed E-state index contributed by atoms with van der Waals surface area (Å²) < 4.78 is 29.6. The van der Waals surface area contributed by atoms with Crippen LogP contribution in [-0.2, 0) is 4.74 Å². The normalized spacial score (nSPS) is 11.8. The van der Waals surface area contributed by atoms with E-state index in [0.717, 1.165) is 16.8 Å². The lowest BCUT2D eigenvalue weighted by Gasteiger charge is -2.16. The van der Waals surface area contributed by atoms with E-state index >= 15 is 0 Å². The van der Waals surface area contributed by atoms with Crippen molar-refractivity contribution >= 4 is 5.78 Å². The molecular weight excluding hydrogens is 436 g/mol. The molecule has 2 aromatic heterocycles. The summed E-state index contributed by atoms with van der Waals surface area (Å²) in [5.41, 5.74) is 3.00. The molecule has 8 heteroatoms. The van der Waals surface area contributed by atoms with E-state index in [1.54, 1.807) is 50.4 Å². The van der Waals surface area contributed by atoms with E-state index in [1.807, 2.05) is 43.5 Å². The number of benzene rings is 2. The fourth-order valence-electron chi connectivity index (χ4n) is 3.84. The molecule has 0 bridgehead atoms. The zero-order valence-electron chi connectivity index (χ0n) is 19.7. The molecule has 4 aromatic rings. The lowest BCUT2D eigenvalue weighted by atomic mass is 10.0. The van der Waals surface area contributed by atoms with E-state index < -0.39 is 6.10 Å². The van der Waals surface area contributed by atoms with Gasteiger partial charge in [0.05, 0.1) is 21.3 Å². The van der Waals surface area contributed by atoms with Crippen LogP contribution < -0.4 is 14.2 Å². The van der Waals surface area contributed by atoms with Crippen molar-refractivity contribution in [2.24, 2.45) is 0 Å². The Morgan fingerprint density at radius 1 is 0.941 bits per heavy atom. The number of hydrogen-bond donors (Lipinski definition) is 0. The Morgan fingerprint density at radius 3 is 2.24 bits per heavy atom. The third-order valence-corrected chi connectivity index (χ3v) is 5.62. The molecule has 0 saturated carbocycles. The van der Waals surface area contributed by atoms with Crippen LogP contribution in [-0.4, -0.2) is 44.0 Å². The third kappa shape index (κ3) is 4.27. The Labute approximate surface area is 197 Å². The van der Waals surface area contributed by atoms with Gasteiger partial charge in [-0.3, -0.25) is 4.79 Å². The van der Waals surface area contributed by atoms with Crippen LogP contribution in [0.3, 0.4) is 0 Å². The van der Waals surface area contributed by atoms with Gasteiger partial charge in [-0.2, -0.15) is 5.10 Å². The van der Waals surface area contributed by atoms with Crippen molar-refractivity contribution in [3.05, 3.63) is 77.8 Å². The fourth-order valence-corrected chi connectivity index (χ4v) is 3.84. The number of nitrogens with zero attached hydrogens (tertiary/aromatic N) is 2. The van der Waals surface area contributed by atoms with E-state index in [-0.39, 0.29) is 11.5 Å². The molecule has 1 unspecified atom stereocenters. The predicted molar refractivity (Wildman–Crippen MR) is 126 cm³/mol. The van der Waals surface area contributed by atoms with Crippen molar-refractivity contribution in [1.82, 2.24) is 9.78 Å². The molecule has 8 nitrogen and oxygen atoms in total. The molecule has 0 aliphatic carbocycles. The van der Waals surface area contributed by atoms with Crippen LogP contribution in [0.1, 0.15) is 27.8 Å². The lowest BCUT2D eigenvalue weighted by Crippen LogP contribution is -2.15. The van der Waals surface area contributed by atoms with Gasteiger partial charge in [0, 0.05) is 30.6 Å². The number of ketones is 1. The molecular formula is C26H26N2O6. The van der Waals surface area contributed by atoms with Crippen molar-refractivity contribution in [3.63, 3.8) is 0 Å². The summed E-state index contributed by atoms with van der Waals surface area (Å²) >= 11 is 0. The monoisotopic (exact) mass is 462 g/mol. The second-order valence-corrected chi connectivity index (χ2v) is 7.53. The average Bonchev–Trinajstić information content (AvgIpc) is 3.57. The predicted octanol–water partition coefficient (Wildman–Crippen LogP) is 5.04. The summed E-state index contributed by atoms with van der Waals surface area (Å²) in [5.74, 6) is 2.27. The van der Waals surface area contributed by atoms with Crippen LogP contribution in [0.5, 0.6) is 17.2 Å². The maximum atomic E-state index is 13.3. The minimum Gasteiger partial charge on any atom is -0.496 e. The number of hydrogen-bond acceptors (Lipinski definition) is 7. The van der Waals surface area contributed by atoms with Crippen molar-refractivity contribution < 1.29 is 28.2 Å². The molecule has 1 atom stereocenters. The van der Waals surface area contributed by atoms with Crippen molar-refractivity contribution in [2.75, 3.05) is 28.4 Å². The lowest BCUT2D eigenvalue weighted by molar-refractivity contribution is 0.0577. The van der Waals surface area contributed by atoms with E-state index in [2.05, 4.69) is 5.10 Å². The summed E-state index contributed by atoms with van der Waals surface area (Å²) in [6.45, 7) is 1.91. The molecule has 0 saturated heterocycles. The molecule has 4 rings (SSSR count). The number of ether oxygens (including phenoxy) is 4. The van der Waals surface area contributed by atoms with E-state index in [4.69, 9.17) is 23.4 Å². The van der Waals surface area contributed by atoms with Gasteiger partial charge in [-0.05, 0) is 55.0 Å². The summed E-state index contributed by atoms with van der Waals surface area (Å²) in [5, 5.41) is 4.24. The Morgan fingerprint density at radius 2 is 1.65 bits per heavy atom. The number of Topliss-reactive ketones (excluding diaryl/α,β-unsaturated/α-hetero) is 1.